The van der Waals surface area contributed by atoms with Gasteiger partial charge >= 0.3 is 0 Å². The van der Waals surface area contributed by atoms with E-state index >= 15 is 0 Å². The molecular weight excluding hydrogens is 422 g/mol. The van der Waals surface area contributed by atoms with E-state index in [9.17, 15) is 0 Å². The molecule has 0 aliphatic carbocycles. The third kappa shape index (κ3) is 4.07. The van der Waals surface area contributed by atoms with Crippen LogP contribution in [-0.2, 0) is 0 Å². The lowest BCUT2D eigenvalue weighted by Gasteiger charge is -2.14. The highest BCUT2D eigenvalue weighted by Gasteiger charge is 2.17. The molecule has 0 unspecified atom stereocenters. The Morgan fingerprint density at radius 2 is 1.70 bits per heavy atom. The molecule has 0 bridgehead atoms. The van der Waals surface area contributed by atoms with Crippen molar-refractivity contribution in [1.82, 2.24) is 29.1 Å². The molecule has 0 radical (unpaired) electrons. The molecule has 0 saturated heterocycles. The Kier molecular flexibility index (Phi) is 5.91. The molecule has 3 heterocycles. The van der Waals surface area contributed by atoms with E-state index in [4.69, 9.17) is 14.2 Å². The van der Waals surface area contributed by atoms with Crippen molar-refractivity contribution < 1.29 is 14.2 Å². The number of imidazole rings is 2. The summed E-state index contributed by atoms with van der Waals surface area (Å²) in [5.41, 5.74) is 2.96. The minimum absolute atomic E-state index is 0.204. The van der Waals surface area contributed by atoms with Gasteiger partial charge in [-0.15, -0.1) is 0 Å². The maximum Gasteiger partial charge on any atom is 0.203 e. The Morgan fingerprint density at radius 1 is 1.00 bits per heavy atom. The first-order valence-electron chi connectivity index (χ1n) is 10.4. The third-order valence-corrected chi connectivity index (χ3v) is 5.14. The Labute approximate surface area is 191 Å². The topological polar surface area (TPSA) is 101 Å². The number of fused-ring (bicyclic) bond motifs is 1. The fraction of sp³-hybridized carbons (Fsp3) is 0.304. The molecule has 4 rings (SSSR count). The second-order valence-electron chi connectivity index (χ2n) is 7.77. The van der Waals surface area contributed by atoms with Crippen molar-refractivity contribution in [3.8, 4) is 22.9 Å². The number of allylic oxidation sites excluding steroid dienone is 1. The monoisotopic (exact) mass is 449 g/mol. The van der Waals surface area contributed by atoms with E-state index in [0.717, 1.165) is 16.9 Å². The van der Waals surface area contributed by atoms with E-state index in [1.807, 2.05) is 34.4 Å². The Balaban J connectivity index is 1.73. The lowest BCUT2D eigenvalue weighted by Crippen LogP contribution is -2.04. The highest BCUT2D eigenvalue weighted by atomic mass is 16.5. The smallest absolute Gasteiger partial charge is 0.203 e. The molecule has 0 amide bonds. The van der Waals surface area contributed by atoms with E-state index in [-0.39, 0.29) is 6.04 Å². The predicted octanol–water partition coefficient (Wildman–Crippen LogP) is 4.40. The quantitative estimate of drug-likeness (QED) is 0.422. The molecule has 1 N–H and O–H groups in total. The number of nitrogens with zero attached hydrogens (tertiary/aromatic N) is 6. The number of aromatic nitrogens is 6. The fourth-order valence-corrected chi connectivity index (χ4v) is 3.44. The van der Waals surface area contributed by atoms with E-state index < -0.39 is 0 Å². The van der Waals surface area contributed by atoms with Crippen LogP contribution in [0.15, 0.2) is 37.6 Å². The van der Waals surface area contributed by atoms with E-state index in [1.54, 1.807) is 34.0 Å². The zero-order valence-electron chi connectivity index (χ0n) is 19.6. The van der Waals surface area contributed by atoms with Gasteiger partial charge in [0.05, 0.1) is 39.5 Å². The largest absolute Gasteiger partial charge is 0.493 e. The summed E-state index contributed by atoms with van der Waals surface area (Å²) >= 11 is 0. The molecular formula is C23H27N7O3. The number of ether oxygens (including phenoxy) is 3. The number of anilines is 2. The molecule has 172 valence electrons. The van der Waals surface area contributed by atoms with Gasteiger partial charge in [-0.2, -0.15) is 0 Å². The average Bonchev–Trinajstić information content (AvgIpc) is 3.45. The van der Waals surface area contributed by atoms with Crippen molar-refractivity contribution in [2.24, 2.45) is 0 Å². The van der Waals surface area contributed by atoms with Crippen LogP contribution in [0.3, 0.4) is 0 Å². The molecule has 0 aliphatic heterocycles. The standard InChI is InChI=1S/C23H27N7O3/c1-13(2)21-27-22(19-23(28-21)30(12-25-19)14(3)4)26-18-10-29(11-24-18)15-8-16(31-5)20(33-7)17(9-15)32-6/h8-12,14H,1H2,2-7H3,(H,26,27,28). The second-order valence-corrected chi connectivity index (χ2v) is 7.77. The Bertz CT molecular complexity index is 1300. The average molecular weight is 450 g/mol. The molecule has 1 aromatic carbocycles. The molecule has 0 saturated carbocycles. The molecule has 0 aliphatic rings. The van der Waals surface area contributed by atoms with E-state index in [1.165, 1.54) is 0 Å². The molecule has 0 fully saturated rings. The van der Waals surface area contributed by atoms with Gasteiger partial charge < -0.3 is 28.7 Å². The summed E-state index contributed by atoms with van der Waals surface area (Å²) in [6, 6.07) is 3.90. The minimum atomic E-state index is 0.204. The zero-order chi connectivity index (χ0) is 23.7. The number of hydrogen-bond acceptors (Lipinski definition) is 8. The second kappa shape index (κ2) is 8.81. The number of nitrogens with one attached hydrogen (secondary N) is 1. The minimum Gasteiger partial charge on any atom is -0.493 e. The van der Waals surface area contributed by atoms with Crippen LogP contribution in [0.4, 0.5) is 11.6 Å². The fourth-order valence-electron chi connectivity index (χ4n) is 3.44. The molecule has 0 spiro atoms. The van der Waals surface area contributed by atoms with Crippen LogP contribution in [0.1, 0.15) is 32.6 Å². The summed E-state index contributed by atoms with van der Waals surface area (Å²) in [6.45, 7) is 10.0. The Morgan fingerprint density at radius 3 is 2.27 bits per heavy atom. The lowest BCUT2D eigenvalue weighted by molar-refractivity contribution is 0.324. The lowest BCUT2D eigenvalue weighted by atomic mass is 10.2. The van der Waals surface area contributed by atoms with Gasteiger partial charge in [-0.05, 0) is 26.3 Å². The van der Waals surface area contributed by atoms with Gasteiger partial charge in [0, 0.05) is 18.2 Å². The highest BCUT2D eigenvalue weighted by Crippen LogP contribution is 2.39. The molecule has 0 atom stereocenters. The van der Waals surface area contributed by atoms with Crippen molar-refractivity contribution >= 4 is 28.4 Å². The van der Waals surface area contributed by atoms with Crippen molar-refractivity contribution in [2.75, 3.05) is 26.6 Å². The summed E-state index contributed by atoms with van der Waals surface area (Å²) < 4.78 is 20.2. The summed E-state index contributed by atoms with van der Waals surface area (Å²) in [6.07, 6.45) is 5.30. The van der Waals surface area contributed by atoms with Crippen LogP contribution >= 0.6 is 0 Å². The normalized spacial score (nSPS) is 11.1. The van der Waals surface area contributed by atoms with Gasteiger partial charge in [0.1, 0.15) is 12.1 Å². The van der Waals surface area contributed by atoms with Crippen LogP contribution in [0.2, 0.25) is 0 Å². The maximum absolute atomic E-state index is 5.46. The number of benzene rings is 1. The van der Waals surface area contributed by atoms with Crippen molar-refractivity contribution in [1.29, 1.82) is 0 Å². The molecule has 3 aromatic heterocycles. The van der Waals surface area contributed by atoms with Gasteiger partial charge in [-0.1, -0.05) is 6.58 Å². The predicted molar refractivity (Wildman–Crippen MR) is 127 cm³/mol. The number of hydrogen-bond donors (Lipinski definition) is 1. The Hall–Kier alpha value is -4.08. The number of methoxy groups -OCH3 is 3. The van der Waals surface area contributed by atoms with Crippen LogP contribution in [0.5, 0.6) is 17.2 Å². The first-order valence-corrected chi connectivity index (χ1v) is 10.4. The summed E-state index contributed by atoms with van der Waals surface area (Å²) in [5, 5.41) is 3.28. The van der Waals surface area contributed by atoms with Crippen LogP contribution < -0.4 is 19.5 Å². The third-order valence-electron chi connectivity index (χ3n) is 5.14. The van der Waals surface area contributed by atoms with Gasteiger partial charge in [0.15, 0.2) is 34.3 Å². The molecule has 10 nitrogen and oxygen atoms in total. The van der Waals surface area contributed by atoms with Crippen LogP contribution in [0.25, 0.3) is 22.4 Å². The van der Waals surface area contributed by atoms with Crippen molar-refractivity contribution in [2.45, 2.75) is 26.8 Å². The number of rotatable bonds is 8. The van der Waals surface area contributed by atoms with Crippen molar-refractivity contribution in [3.05, 3.63) is 43.4 Å². The van der Waals surface area contributed by atoms with E-state index in [0.29, 0.717) is 40.2 Å². The van der Waals surface area contributed by atoms with Crippen LogP contribution in [-0.4, -0.2) is 50.4 Å². The highest BCUT2D eigenvalue weighted by molar-refractivity contribution is 5.86. The molecule has 33 heavy (non-hydrogen) atoms. The van der Waals surface area contributed by atoms with Gasteiger partial charge in [0.25, 0.3) is 0 Å². The first kappa shape index (κ1) is 22.1. The van der Waals surface area contributed by atoms with Gasteiger partial charge in [-0.3, -0.25) is 0 Å². The summed E-state index contributed by atoms with van der Waals surface area (Å²) in [5.74, 6) is 3.34. The first-order chi connectivity index (χ1) is 15.9. The maximum atomic E-state index is 5.46. The van der Waals surface area contributed by atoms with Gasteiger partial charge in [0.2, 0.25) is 5.75 Å². The van der Waals surface area contributed by atoms with Crippen molar-refractivity contribution in [3.63, 3.8) is 0 Å². The summed E-state index contributed by atoms with van der Waals surface area (Å²) in [7, 11) is 4.73. The molecule has 10 heteroatoms. The van der Waals surface area contributed by atoms with Crippen LogP contribution in [0, 0.1) is 0 Å². The molecule has 4 aromatic rings. The van der Waals surface area contributed by atoms with E-state index in [2.05, 4.69) is 45.7 Å². The SMILES string of the molecule is C=C(C)c1nc(Nc2cn(-c3cc(OC)c(OC)c(OC)c3)cn2)c2ncn(C(C)C)c2n1. The summed E-state index contributed by atoms with van der Waals surface area (Å²) in [4.78, 5) is 18.3. The van der Waals surface area contributed by atoms with Gasteiger partial charge in [-0.25, -0.2) is 19.9 Å². The zero-order valence-corrected chi connectivity index (χ0v) is 19.6.